The third-order valence-electron chi connectivity index (χ3n) is 3.02. The van der Waals surface area contributed by atoms with Crippen LogP contribution >= 0.6 is 0 Å². The van der Waals surface area contributed by atoms with Crippen molar-refractivity contribution in [2.24, 2.45) is 5.92 Å². The standard InChI is InChI=1S/C10H20N4O2S/c1-4-8(5-2)7(3)14-17(15,16)9-6-12-13-10(9)11/h6-8,14H,4-5H2,1-3H3,(H3,11,12,13). The van der Waals surface area contributed by atoms with Crippen molar-refractivity contribution in [2.75, 3.05) is 5.73 Å². The number of hydrogen-bond donors (Lipinski definition) is 3. The second kappa shape index (κ2) is 5.50. The lowest BCUT2D eigenvalue weighted by Crippen LogP contribution is -2.37. The second-order valence-corrected chi connectivity index (χ2v) is 5.82. The molecule has 0 saturated heterocycles. The monoisotopic (exact) mass is 260 g/mol. The van der Waals surface area contributed by atoms with Gasteiger partial charge in [0, 0.05) is 6.04 Å². The van der Waals surface area contributed by atoms with Gasteiger partial charge in [0.05, 0.1) is 6.20 Å². The maximum absolute atomic E-state index is 12.0. The molecule has 7 heteroatoms. The van der Waals surface area contributed by atoms with Gasteiger partial charge in [0.25, 0.3) is 0 Å². The van der Waals surface area contributed by atoms with Crippen LogP contribution in [0.2, 0.25) is 0 Å². The highest BCUT2D eigenvalue weighted by atomic mass is 32.2. The van der Waals surface area contributed by atoms with Crippen LogP contribution in [0.5, 0.6) is 0 Å². The fraction of sp³-hybridized carbons (Fsp3) is 0.700. The molecule has 0 saturated carbocycles. The predicted molar refractivity (Wildman–Crippen MR) is 66.9 cm³/mol. The summed E-state index contributed by atoms with van der Waals surface area (Å²) in [5.74, 6) is 0.382. The van der Waals surface area contributed by atoms with Crippen LogP contribution in [0.15, 0.2) is 11.1 Å². The molecule has 1 unspecified atom stereocenters. The van der Waals surface area contributed by atoms with E-state index in [-0.39, 0.29) is 16.8 Å². The number of nitrogen functional groups attached to an aromatic ring is 1. The van der Waals surface area contributed by atoms with E-state index in [4.69, 9.17) is 5.73 Å². The molecule has 1 rings (SSSR count). The third-order valence-corrected chi connectivity index (χ3v) is 4.61. The van der Waals surface area contributed by atoms with Crippen molar-refractivity contribution in [3.63, 3.8) is 0 Å². The summed E-state index contributed by atoms with van der Waals surface area (Å²) in [6.07, 6.45) is 3.08. The van der Waals surface area contributed by atoms with E-state index in [1.165, 1.54) is 6.20 Å². The summed E-state index contributed by atoms with van der Waals surface area (Å²) in [5, 5.41) is 6.03. The summed E-state index contributed by atoms with van der Waals surface area (Å²) in [5.41, 5.74) is 5.51. The number of sulfonamides is 1. The lowest BCUT2D eigenvalue weighted by atomic mass is 9.96. The Labute approximate surface area is 102 Å². The number of nitrogens with zero attached hydrogens (tertiary/aromatic N) is 1. The fourth-order valence-corrected chi connectivity index (χ4v) is 3.23. The topological polar surface area (TPSA) is 101 Å². The Morgan fingerprint density at radius 3 is 2.47 bits per heavy atom. The molecule has 98 valence electrons. The fourth-order valence-electron chi connectivity index (χ4n) is 1.90. The largest absolute Gasteiger partial charge is 0.383 e. The molecule has 0 aromatic carbocycles. The molecule has 1 heterocycles. The van der Waals surface area contributed by atoms with Gasteiger partial charge in [-0.15, -0.1) is 0 Å². The van der Waals surface area contributed by atoms with Crippen molar-refractivity contribution in [1.82, 2.24) is 14.9 Å². The molecule has 0 fully saturated rings. The summed E-state index contributed by atoms with van der Waals surface area (Å²) >= 11 is 0. The quantitative estimate of drug-likeness (QED) is 0.712. The highest BCUT2D eigenvalue weighted by molar-refractivity contribution is 7.89. The Balaban J connectivity index is 2.84. The summed E-state index contributed by atoms with van der Waals surface area (Å²) in [6, 6.07) is -0.121. The molecule has 6 nitrogen and oxygen atoms in total. The van der Waals surface area contributed by atoms with Crippen molar-refractivity contribution in [3.05, 3.63) is 6.20 Å². The summed E-state index contributed by atoms with van der Waals surface area (Å²) in [4.78, 5) is 0.00954. The Bertz CT molecular complexity index is 451. The van der Waals surface area contributed by atoms with E-state index in [9.17, 15) is 8.42 Å². The van der Waals surface area contributed by atoms with Crippen LogP contribution in [0.3, 0.4) is 0 Å². The zero-order valence-electron chi connectivity index (χ0n) is 10.4. The van der Waals surface area contributed by atoms with Gasteiger partial charge in [0.2, 0.25) is 10.0 Å². The first-order valence-corrected chi connectivity index (χ1v) is 7.21. The van der Waals surface area contributed by atoms with E-state index in [1.807, 2.05) is 20.8 Å². The molecular formula is C10H20N4O2S. The summed E-state index contributed by atoms with van der Waals surface area (Å²) in [6.45, 7) is 5.96. The van der Waals surface area contributed by atoms with Gasteiger partial charge in [-0.05, 0) is 12.8 Å². The molecule has 0 aliphatic rings. The number of hydrogen-bond acceptors (Lipinski definition) is 4. The van der Waals surface area contributed by atoms with Crippen molar-refractivity contribution in [1.29, 1.82) is 0 Å². The minimum atomic E-state index is -3.58. The van der Waals surface area contributed by atoms with Gasteiger partial charge in [-0.3, -0.25) is 5.10 Å². The molecule has 0 aliphatic carbocycles. The molecular weight excluding hydrogens is 240 g/mol. The molecule has 0 aliphatic heterocycles. The predicted octanol–water partition coefficient (Wildman–Crippen LogP) is 1.09. The average molecular weight is 260 g/mol. The van der Waals surface area contributed by atoms with Gasteiger partial charge in [0.15, 0.2) is 0 Å². The van der Waals surface area contributed by atoms with Crippen molar-refractivity contribution in [3.8, 4) is 0 Å². The molecule has 1 atom stereocenters. The maximum Gasteiger partial charge on any atom is 0.246 e. The molecule has 0 bridgehead atoms. The highest BCUT2D eigenvalue weighted by Gasteiger charge is 2.24. The van der Waals surface area contributed by atoms with Crippen LogP contribution in [0.4, 0.5) is 5.82 Å². The van der Waals surface area contributed by atoms with Crippen LogP contribution < -0.4 is 10.5 Å². The van der Waals surface area contributed by atoms with Gasteiger partial charge in [-0.25, -0.2) is 13.1 Å². The Morgan fingerprint density at radius 2 is 2.06 bits per heavy atom. The van der Waals surface area contributed by atoms with Gasteiger partial charge < -0.3 is 5.73 Å². The van der Waals surface area contributed by atoms with Gasteiger partial charge in [0.1, 0.15) is 10.7 Å². The lowest BCUT2D eigenvalue weighted by Gasteiger charge is -2.22. The van der Waals surface area contributed by atoms with Crippen LogP contribution in [0, 0.1) is 5.92 Å². The smallest absolute Gasteiger partial charge is 0.246 e. The summed E-state index contributed by atoms with van der Waals surface area (Å²) in [7, 11) is -3.58. The SMILES string of the molecule is CCC(CC)C(C)NS(=O)(=O)c1cn[nH]c1N. The van der Waals surface area contributed by atoms with Crippen molar-refractivity contribution >= 4 is 15.8 Å². The summed E-state index contributed by atoms with van der Waals surface area (Å²) < 4.78 is 26.7. The Morgan fingerprint density at radius 1 is 1.47 bits per heavy atom. The maximum atomic E-state index is 12.0. The van der Waals surface area contributed by atoms with E-state index >= 15 is 0 Å². The van der Waals surface area contributed by atoms with E-state index in [2.05, 4.69) is 14.9 Å². The number of rotatable bonds is 6. The van der Waals surface area contributed by atoms with Gasteiger partial charge >= 0.3 is 0 Å². The lowest BCUT2D eigenvalue weighted by molar-refractivity contribution is 0.391. The molecule has 1 aromatic heterocycles. The minimum Gasteiger partial charge on any atom is -0.383 e. The van der Waals surface area contributed by atoms with Crippen LogP contribution in [-0.2, 0) is 10.0 Å². The van der Waals surface area contributed by atoms with Crippen LogP contribution in [0.25, 0.3) is 0 Å². The van der Waals surface area contributed by atoms with Crippen LogP contribution in [-0.4, -0.2) is 24.7 Å². The Kier molecular flexibility index (Phi) is 4.53. The average Bonchev–Trinajstić information content (AvgIpc) is 2.66. The van der Waals surface area contributed by atoms with Crippen molar-refractivity contribution in [2.45, 2.75) is 44.6 Å². The van der Waals surface area contributed by atoms with Crippen LogP contribution in [0.1, 0.15) is 33.6 Å². The third kappa shape index (κ3) is 3.19. The first-order chi connectivity index (χ1) is 7.92. The molecule has 0 spiro atoms. The molecule has 1 aromatic rings. The van der Waals surface area contributed by atoms with Gasteiger partial charge in [-0.1, -0.05) is 26.7 Å². The number of H-pyrrole nitrogens is 1. The van der Waals surface area contributed by atoms with E-state index in [1.54, 1.807) is 0 Å². The second-order valence-electron chi connectivity index (χ2n) is 4.13. The highest BCUT2D eigenvalue weighted by Crippen LogP contribution is 2.18. The van der Waals surface area contributed by atoms with E-state index in [0.29, 0.717) is 5.92 Å². The Hall–Kier alpha value is -1.08. The zero-order chi connectivity index (χ0) is 13.1. The molecule has 0 radical (unpaired) electrons. The first-order valence-electron chi connectivity index (χ1n) is 5.73. The molecule has 0 amide bonds. The first kappa shape index (κ1) is 14.0. The number of aromatic amines is 1. The normalized spacial score (nSPS) is 14.1. The molecule has 4 N–H and O–H groups in total. The van der Waals surface area contributed by atoms with Crippen molar-refractivity contribution < 1.29 is 8.42 Å². The van der Waals surface area contributed by atoms with E-state index < -0.39 is 10.0 Å². The number of nitrogens with two attached hydrogens (primary N) is 1. The van der Waals surface area contributed by atoms with E-state index in [0.717, 1.165) is 12.8 Å². The van der Waals surface area contributed by atoms with Gasteiger partial charge in [-0.2, -0.15) is 5.10 Å². The molecule has 17 heavy (non-hydrogen) atoms. The number of aromatic nitrogens is 2. The zero-order valence-corrected chi connectivity index (χ0v) is 11.2. The number of nitrogens with one attached hydrogen (secondary N) is 2. The minimum absolute atomic E-state index is 0.00954. The number of anilines is 1.